The molecule has 0 spiro atoms. The molecule has 0 aliphatic carbocycles. The number of thioether (sulfide) groups is 1. The highest BCUT2D eigenvalue weighted by molar-refractivity contribution is 8.00. The zero-order valence-corrected chi connectivity index (χ0v) is 11.5. The molecule has 0 radical (unpaired) electrons. The number of ether oxygens (including phenoxy) is 1. The van der Waals surface area contributed by atoms with Crippen molar-refractivity contribution in [3.63, 3.8) is 0 Å². The van der Waals surface area contributed by atoms with Crippen LogP contribution in [-0.4, -0.2) is 24.0 Å². The van der Waals surface area contributed by atoms with Crippen LogP contribution in [0.5, 0.6) is 5.75 Å². The van der Waals surface area contributed by atoms with Gasteiger partial charge in [0.05, 0.1) is 12.4 Å². The third-order valence-corrected chi connectivity index (χ3v) is 4.47. The molecule has 1 heterocycles. The average molecular weight is 265 g/mol. The quantitative estimate of drug-likeness (QED) is 0.909. The summed E-state index contributed by atoms with van der Waals surface area (Å²) in [4.78, 5) is 11.9. The average Bonchev–Trinajstić information content (AvgIpc) is 2.46. The van der Waals surface area contributed by atoms with Crippen molar-refractivity contribution in [3.05, 3.63) is 29.8 Å². The first-order valence-corrected chi connectivity index (χ1v) is 7.37. The van der Waals surface area contributed by atoms with Crippen LogP contribution >= 0.6 is 11.8 Å². The van der Waals surface area contributed by atoms with Gasteiger partial charge in [-0.15, -0.1) is 11.8 Å². The molecule has 1 saturated heterocycles. The highest BCUT2D eigenvalue weighted by Gasteiger charge is 2.21. The lowest BCUT2D eigenvalue weighted by Gasteiger charge is -2.20. The van der Waals surface area contributed by atoms with Gasteiger partial charge in [-0.1, -0.05) is 18.6 Å². The molecule has 0 bridgehead atoms. The summed E-state index contributed by atoms with van der Waals surface area (Å²) in [5.74, 6) is 2.13. The van der Waals surface area contributed by atoms with E-state index in [-0.39, 0.29) is 11.2 Å². The molecular weight excluding hydrogens is 246 g/mol. The van der Waals surface area contributed by atoms with E-state index in [9.17, 15) is 4.79 Å². The first-order chi connectivity index (χ1) is 8.79. The second-order valence-corrected chi connectivity index (χ2v) is 5.73. The predicted molar refractivity (Wildman–Crippen MR) is 74.9 cm³/mol. The zero-order valence-electron chi connectivity index (χ0n) is 10.6. The standard InChI is InChI=1S/C14H19NO2S/c1-17-12-7-5-11(6-8-12)10-15-14(16)13-4-2-3-9-18-13/h5-8,13H,2-4,9-10H2,1H3,(H,15,16). The number of benzene rings is 1. The maximum atomic E-state index is 11.9. The molecule has 1 N–H and O–H groups in total. The van der Waals surface area contributed by atoms with E-state index < -0.39 is 0 Å². The van der Waals surface area contributed by atoms with E-state index in [1.807, 2.05) is 24.3 Å². The number of carbonyl (C=O) groups excluding carboxylic acids is 1. The van der Waals surface area contributed by atoms with Gasteiger partial charge in [0, 0.05) is 6.54 Å². The maximum absolute atomic E-state index is 11.9. The van der Waals surface area contributed by atoms with Crippen LogP contribution in [0.2, 0.25) is 0 Å². The molecule has 1 aliphatic rings. The molecular formula is C14H19NO2S. The summed E-state index contributed by atoms with van der Waals surface area (Å²) in [6.45, 7) is 0.597. The summed E-state index contributed by atoms with van der Waals surface area (Å²) in [5.41, 5.74) is 1.10. The Hall–Kier alpha value is -1.16. The van der Waals surface area contributed by atoms with Gasteiger partial charge >= 0.3 is 0 Å². The summed E-state index contributed by atoms with van der Waals surface area (Å²) in [6.07, 6.45) is 3.43. The minimum absolute atomic E-state index is 0.150. The molecule has 1 aliphatic heterocycles. The van der Waals surface area contributed by atoms with Crippen molar-refractivity contribution in [3.8, 4) is 5.75 Å². The lowest BCUT2D eigenvalue weighted by molar-refractivity contribution is -0.120. The third kappa shape index (κ3) is 3.67. The molecule has 1 aromatic carbocycles. The van der Waals surface area contributed by atoms with E-state index in [0.717, 1.165) is 23.5 Å². The van der Waals surface area contributed by atoms with Crippen molar-refractivity contribution in [2.45, 2.75) is 31.1 Å². The van der Waals surface area contributed by atoms with Crippen molar-refractivity contribution >= 4 is 17.7 Å². The van der Waals surface area contributed by atoms with Gasteiger partial charge in [0.2, 0.25) is 5.91 Å². The van der Waals surface area contributed by atoms with Crippen LogP contribution in [0.1, 0.15) is 24.8 Å². The Balaban J connectivity index is 1.80. The zero-order chi connectivity index (χ0) is 12.8. The van der Waals surface area contributed by atoms with Crippen molar-refractivity contribution in [2.24, 2.45) is 0 Å². The summed E-state index contributed by atoms with van der Waals surface area (Å²) in [5, 5.41) is 3.16. The van der Waals surface area contributed by atoms with E-state index in [4.69, 9.17) is 4.74 Å². The van der Waals surface area contributed by atoms with E-state index in [0.29, 0.717) is 6.54 Å². The summed E-state index contributed by atoms with van der Waals surface area (Å²) < 4.78 is 5.10. The maximum Gasteiger partial charge on any atom is 0.233 e. The number of amides is 1. The molecule has 1 atom stereocenters. The van der Waals surface area contributed by atoms with Crippen molar-refractivity contribution in [1.82, 2.24) is 5.32 Å². The fourth-order valence-corrected chi connectivity index (χ4v) is 3.22. The SMILES string of the molecule is COc1ccc(CNC(=O)C2CCCCS2)cc1. The molecule has 1 aromatic rings. The highest BCUT2D eigenvalue weighted by atomic mass is 32.2. The van der Waals surface area contributed by atoms with Gasteiger partial charge in [-0.25, -0.2) is 0 Å². The van der Waals surface area contributed by atoms with Gasteiger partial charge in [-0.3, -0.25) is 4.79 Å². The Morgan fingerprint density at radius 3 is 2.78 bits per heavy atom. The fraction of sp³-hybridized carbons (Fsp3) is 0.500. The van der Waals surface area contributed by atoms with Crippen molar-refractivity contribution < 1.29 is 9.53 Å². The molecule has 1 fully saturated rings. The Morgan fingerprint density at radius 1 is 1.39 bits per heavy atom. The summed E-state index contributed by atoms with van der Waals surface area (Å²) >= 11 is 1.78. The second kappa shape index (κ2) is 6.69. The molecule has 1 amide bonds. The number of rotatable bonds is 4. The minimum Gasteiger partial charge on any atom is -0.497 e. The molecule has 2 rings (SSSR count). The lowest BCUT2D eigenvalue weighted by Crippen LogP contribution is -2.33. The molecule has 0 aromatic heterocycles. The fourth-order valence-electron chi connectivity index (χ4n) is 1.99. The van der Waals surface area contributed by atoms with Crippen LogP contribution in [0.3, 0.4) is 0 Å². The van der Waals surface area contributed by atoms with Crippen LogP contribution in [-0.2, 0) is 11.3 Å². The van der Waals surface area contributed by atoms with Gasteiger partial charge in [0.1, 0.15) is 5.75 Å². The second-order valence-electron chi connectivity index (χ2n) is 4.42. The summed E-state index contributed by atoms with van der Waals surface area (Å²) in [7, 11) is 1.65. The predicted octanol–water partition coefficient (Wildman–Crippen LogP) is 2.60. The molecule has 18 heavy (non-hydrogen) atoms. The van der Waals surface area contributed by atoms with Crippen LogP contribution < -0.4 is 10.1 Å². The lowest BCUT2D eigenvalue weighted by atomic mass is 10.1. The van der Waals surface area contributed by atoms with E-state index >= 15 is 0 Å². The van der Waals surface area contributed by atoms with Gasteiger partial charge in [0.15, 0.2) is 0 Å². The topological polar surface area (TPSA) is 38.3 Å². The van der Waals surface area contributed by atoms with Crippen LogP contribution in [0.15, 0.2) is 24.3 Å². The minimum atomic E-state index is 0.150. The number of carbonyl (C=O) groups is 1. The van der Waals surface area contributed by atoms with Gasteiger partial charge in [-0.05, 0) is 36.3 Å². The number of hydrogen-bond donors (Lipinski definition) is 1. The van der Waals surface area contributed by atoms with E-state index in [1.54, 1.807) is 18.9 Å². The number of nitrogens with one attached hydrogen (secondary N) is 1. The normalized spacial score (nSPS) is 19.3. The molecule has 0 saturated carbocycles. The van der Waals surface area contributed by atoms with Crippen LogP contribution in [0, 0.1) is 0 Å². The van der Waals surface area contributed by atoms with Crippen molar-refractivity contribution in [2.75, 3.05) is 12.9 Å². The Kier molecular flexibility index (Phi) is 4.93. The Labute approximate surface area is 112 Å². The summed E-state index contributed by atoms with van der Waals surface area (Å²) in [6, 6.07) is 7.79. The number of hydrogen-bond acceptors (Lipinski definition) is 3. The molecule has 1 unspecified atom stereocenters. The highest BCUT2D eigenvalue weighted by Crippen LogP contribution is 2.25. The van der Waals surface area contributed by atoms with Crippen LogP contribution in [0.4, 0.5) is 0 Å². The molecule has 4 heteroatoms. The molecule has 98 valence electrons. The van der Waals surface area contributed by atoms with Crippen molar-refractivity contribution in [1.29, 1.82) is 0 Å². The largest absolute Gasteiger partial charge is 0.497 e. The first kappa shape index (κ1) is 13.3. The third-order valence-electron chi connectivity index (χ3n) is 3.10. The monoisotopic (exact) mass is 265 g/mol. The van der Waals surface area contributed by atoms with Gasteiger partial charge in [0.25, 0.3) is 0 Å². The van der Waals surface area contributed by atoms with Crippen LogP contribution in [0.25, 0.3) is 0 Å². The smallest absolute Gasteiger partial charge is 0.233 e. The molecule has 3 nitrogen and oxygen atoms in total. The first-order valence-electron chi connectivity index (χ1n) is 6.32. The van der Waals surface area contributed by atoms with E-state index in [2.05, 4.69) is 5.32 Å². The Bertz CT molecular complexity index is 385. The van der Waals surface area contributed by atoms with E-state index in [1.165, 1.54) is 12.8 Å². The van der Waals surface area contributed by atoms with Gasteiger partial charge < -0.3 is 10.1 Å². The Morgan fingerprint density at radius 2 is 2.17 bits per heavy atom. The number of methoxy groups -OCH3 is 1. The van der Waals surface area contributed by atoms with Gasteiger partial charge in [-0.2, -0.15) is 0 Å².